The van der Waals surface area contributed by atoms with Crippen molar-refractivity contribution >= 4 is 5.97 Å². The first-order chi connectivity index (χ1) is 6.75. The van der Waals surface area contributed by atoms with Crippen LogP contribution in [-0.2, 0) is 6.18 Å². The van der Waals surface area contributed by atoms with Crippen molar-refractivity contribution in [2.24, 2.45) is 0 Å². The van der Waals surface area contributed by atoms with Gasteiger partial charge in [0.05, 0.1) is 5.56 Å². The Balaban J connectivity index is 3.55. The van der Waals surface area contributed by atoms with E-state index in [0.29, 0.717) is 0 Å². The van der Waals surface area contributed by atoms with E-state index in [9.17, 15) is 26.7 Å². The van der Waals surface area contributed by atoms with Gasteiger partial charge in [0, 0.05) is 0 Å². The summed E-state index contributed by atoms with van der Waals surface area (Å²) in [5, 5.41) is 8.33. The normalized spacial score (nSPS) is 11.5. The van der Waals surface area contributed by atoms with Gasteiger partial charge in [-0.25, -0.2) is 13.6 Å². The molecule has 1 rings (SSSR count). The SMILES string of the molecule is O=C(O)c1c(C(F)(F)F)ccc(F)c1F. The van der Waals surface area contributed by atoms with E-state index in [2.05, 4.69) is 0 Å². The van der Waals surface area contributed by atoms with Crippen LogP contribution in [0, 0.1) is 11.6 Å². The van der Waals surface area contributed by atoms with Crippen molar-refractivity contribution in [3.05, 3.63) is 34.9 Å². The van der Waals surface area contributed by atoms with E-state index in [0.717, 1.165) is 0 Å². The molecule has 0 aliphatic heterocycles. The molecular formula is C8H3F5O2. The third kappa shape index (κ3) is 2.05. The number of halogens is 5. The maximum atomic E-state index is 12.8. The Morgan fingerprint density at radius 2 is 1.73 bits per heavy atom. The molecule has 0 heterocycles. The Bertz CT molecular complexity index is 410. The van der Waals surface area contributed by atoms with Crippen LogP contribution in [-0.4, -0.2) is 11.1 Å². The van der Waals surface area contributed by atoms with Crippen molar-refractivity contribution in [2.75, 3.05) is 0 Å². The number of hydrogen-bond acceptors (Lipinski definition) is 1. The number of rotatable bonds is 1. The van der Waals surface area contributed by atoms with Crippen molar-refractivity contribution in [3.8, 4) is 0 Å². The number of carboxylic acids is 1. The van der Waals surface area contributed by atoms with Crippen molar-refractivity contribution < 1.29 is 31.9 Å². The van der Waals surface area contributed by atoms with Gasteiger partial charge in [-0.2, -0.15) is 13.2 Å². The second kappa shape index (κ2) is 3.48. The van der Waals surface area contributed by atoms with Crippen LogP contribution in [0.2, 0.25) is 0 Å². The molecule has 0 bridgehead atoms. The molecule has 1 aromatic rings. The molecule has 0 radical (unpaired) electrons. The van der Waals surface area contributed by atoms with Crippen molar-refractivity contribution in [2.45, 2.75) is 6.18 Å². The summed E-state index contributed by atoms with van der Waals surface area (Å²) in [6.07, 6.45) is -5.04. The first-order valence-electron chi connectivity index (χ1n) is 3.53. The minimum absolute atomic E-state index is 0.182. The highest BCUT2D eigenvalue weighted by Crippen LogP contribution is 2.33. The maximum Gasteiger partial charge on any atom is 0.417 e. The molecule has 0 amide bonds. The number of benzene rings is 1. The van der Waals surface area contributed by atoms with E-state index in [1.54, 1.807) is 0 Å². The first kappa shape index (κ1) is 11.4. The van der Waals surface area contributed by atoms with Gasteiger partial charge in [-0.3, -0.25) is 0 Å². The molecule has 2 nitrogen and oxygen atoms in total. The van der Waals surface area contributed by atoms with E-state index in [1.165, 1.54) is 0 Å². The van der Waals surface area contributed by atoms with E-state index in [4.69, 9.17) is 5.11 Å². The smallest absolute Gasteiger partial charge is 0.417 e. The van der Waals surface area contributed by atoms with Crippen LogP contribution in [0.15, 0.2) is 12.1 Å². The Kier molecular flexibility index (Phi) is 2.65. The minimum Gasteiger partial charge on any atom is -0.478 e. The Labute approximate surface area is 79.9 Å². The highest BCUT2D eigenvalue weighted by Gasteiger charge is 2.37. The summed E-state index contributed by atoms with van der Waals surface area (Å²) >= 11 is 0. The number of carboxylic acid groups (broad SMARTS) is 1. The topological polar surface area (TPSA) is 37.3 Å². The van der Waals surface area contributed by atoms with E-state index in [-0.39, 0.29) is 12.1 Å². The highest BCUT2D eigenvalue weighted by atomic mass is 19.4. The summed E-state index contributed by atoms with van der Waals surface area (Å²) in [5.74, 6) is -5.82. The lowest BCUT2D eigenvalue weighted by molar-refractivity contribution is -0.138. The van der Waals surface area contributed by atoms with Gasteiger partial charge >= 0.3 is 12.1 Å². The summed E-state index contributed by atoms with van der Waals surface area (Å²) in [6.45, 7) is 0. The molecule has 0 atom stereocenters. The fraction of sp³-hybridized carbons (Fsp3) is 0.125. The second-order valence-corrected chi connectivity index (χ2v) is 2.59. The van der Waals surface area contributed by atoms with Gasteiger partial charge in [-0.15, -0.1) is 0 Å². The molecule has 0 unspecified atom stereocenters. The summed E-state index contributed by atoms with van der Waals surface area (Å²) in [5.41, 5.74) is -3.42. The van der Waals surface area contributed by atoms with E-state index in [1.807, 2.05) is 0 Å². The Morgan fingerprint density at radius 3 is 2.13 bits per heavy atom. The largest absolute Gasteiger partial charge is 0.478 e. The van der Waals surface area contributed by atoms with Crippen LogP contribution in [0.25, 0.3) is 0 Å². The third-order valence-electron chi connectivity index (χ3n) is 1.61. The molecule has 0 aromatic heterocycles. The van der Waals surface area contributed by atoms with Gasteiger partial charge in [0.15, 0.2) is 11.6 Å². The lowest BCUT2D eigenvalue weighted by atomic mass is 10.1. The molecule has 0 aliphatic rings. The monoisotopic (exact) mass is 226 g/mol. The Morgan fingerprint density at radius 1 is 1.20 bits per heavy atom. The molecule has 1 aromatic carbocycles. The molecule has 0 fully saturated rings. The average Bonchev–Trinajstić information content (AvgIpc) is 2.06. The molecule has 82 valence electrons. The predicted molar refractivity (Wildman–Crippen MR) is 38.3 cm³/mol. The quantitative estimate of drug-likeness (QED) is 0.747. The number of aromatic carboxylic acids is 1. The van der Waals surface area contributed by atoms with Gasteiger partial charge in [0.2, 0.25) is 0 Å². The summed E-state index contributed by atoms with van der Waals surface area (Å²) in [6, 6.07) is 0.409. The predicted octanol–water partition coefficient (Wildman–Crippen LogP) is 2.68. The maximum absolute atomic E-state index is 12.8. The molecule has 7 heteroatoms. The van der Waals surface area contributed by atoms with Crippen LogP contribution >= 0.6 is 0 Å². The fourth-order valence-corrected chi connectivity index (χ4v) is 0.996. The van der Waals surface area contributed by atoms with E-state index >= 15 is 0 Å². The van der Waals surface area contributed by atoms with Gasteiger partial charge in [-0.1, -0.05) is 0 Å². The molecule has 1 N–H and O–H groups in total. The van der Waals surface area contributed by atoms with Crippen molar-refractivity contribution in [1.29, 1.82) is 0 Å². The zero-order chi connectivity index (χ0) is 11.8. The van der Waals surface area contributed by atoms with Crippen LogP contribution in [0.1, 0.15) is 15.9 Å². The average molecular weight is 226 g/mol. The molecular weight excluding hydrogens is 223 g/mol. The standard InChI is InChI=1S/C8H3F5O2/c9-4-2-1-3(8(11,12)13)5(6(4)10)7(14)15/h1-2H,(H,14,15). The molecule has 15 heavy (non-hydrogen) atoms. The van der Waals surface area contributed by atoms with Gasteiger partial charge < -0.3 is 5.11 Å². The van der Waals surface area contributed by atoms with Crippen LogP contribution < -0.4 is 0 Å². The van der Waals surface area contributed by atoms with Crippen molar-refractivity contribution in [3.63, 3.8) is 0 Å². The number of alkyl halides is 3. The highest BCUT2D eigenvalue weighted by molar-refractivity contribution is 5.90. The van der Waals surface area contributed by atoms with Crippen molar-refractivity contribution in [1.82, 2.24) is 0 Å². The lowest BCUT2D eigenvalue weighted by Gasteiger charge is -2.10. The van der Waals surface area contributed by atoms with Gasteiger partial charge in [0.25, 0.3) is 0 Å². The third-order valence-corrected chi connectivity index (χ3v) is 1.61. The lowest BCUT2D eigenvalue weighted by Crippen LogP contribution is -2.15. The minimum atomic E-state index is -5.04. The molecule has 0 saturated heterocycles. The van der Waals surface area contributed by atoms with Crippen LogP contribution in [0.5, 0.6) is 0 Å². The van der Waals surface area contributed by atoms with Gasteiger partial charge in [-0.05, 0) is 12.1 Å². The number of hydrogen-bond donors (Lipinski definition) is 1. The Hall–Kier alpha value is -1.66. The molecule has 0 aliphatic carbocycles. The van der Waals surface area contributed by atoms with Crippen LogP contribution in [0.4, 0.5) is 22.0 Å². The summed E-state index contributed by atoms with van der Waals surface area (Å²) in [4.78, 5) is 10.3. The second-order valence-electron chi connectivity index (χ2n) is 2.59. The summed E-state index contributed by atoms with van der Waals surface area (Å²) < 4.78 is 61.8. The van der Waals surface area contributed by atoms with E-state index < -0.39 is 34.9 Å². The zero-order valence-corrected chi connectivity index (χ0v) is 6.90. The van der Waals surface area contributed by atoms with Crippen LogP contribution in [0.3, 0.4) is 0 Å². The molecule has 0 saturated carbocycles. The summed E-state index contributed by atoms with van der Waals surface area (Å²) in [7, 11) is 0. The first-order valence-corrected chi connectivity index (χ1v) is 3.53. The molecule has 0 spiro atoms. The fourth-order valence-electron chi connectivity index (χ4n) is 0.996. The number of carbonyl (C=O) groups is 1. The van der Waals surface area contributed by atoms with Gasteiger partial charge in [0.1, 0.15) is 5.56 Å². The zero-order valence-electron chi connectivity index (χ0n) is 6.90.